The molecule has 45 heavy (non-hydrogen) atoms. The van der Waals surface area contributed by atoms with Gasteiger partial charge in [-0.3, -0.25) is 19.8 Å². The number of benzene rings is 3. The fraction of sp³-hybridized carbons (Fsp3) is 0.235. The largest absolute Gasteiger partial charge is 0.493 e. The molecule has 1 heterocycles. The molecule has 0 aromatic heterocycles. The summed E-state index contributed by atoms with van der Waals surface area (Å²) in [6.07, 6.45) is 4.26. The summed E-state index contributed by atoms with van der Waals surface area (Å²) in [5.41, 5.74) is 2.41. The van der Waals surface area contributed by atoms with Crippen LogP contribution in [0.2, 0.25) is 0 Å². The first-order chi connectivity index (χ1) is 21.7. The van der Waals surface area contributed by atoms with Gasteiger partial charge in [0, 0.05) is 5.56 Å². The van der Waals surface area contributed by atoms with Crippen molar-refractivity contribution in [3.8, 4) is 23.0 Å². The predicted molar refractivity (Wildman–Crippen MR) is 165 cm³/mol. The normalized spacial score (nSPS) is 13.8. The molecule has 0 aliphatic carbocycles. The van der Waals surface area contributed by atoms with Crippen LogP contribution in [-0.4, -0.2) is 54.6 Å². The Kier molecular flexibility index (Phi) is 10.6. The Morgan fingerprint density at radius 2 is 1.64 bits per heavy atom. The highest BCUT2D eigenvalue weighted by Gasteiger charge is 2.36. The van der Waals surface area contributed by atoms with Crippen molar-refractivity contribution in [2.75, 3.05) is 20.8 Å². The van der Waals surface area contributed by atoms with E-state index in [0.717, 1.165) is 16.9 Å². The van der Waals surface area contributed by atoms with Gasteiger partial charge in [0.2, 0.25) is 0 Å². The van der Waals surface area contributed by atoms with Crippen LogP contribution >= 0.6 is 0 Å². The highest BCUT2D eigenvalue weighted by molar-refractivity contribution is 6.31. The molecule has 0 bridgehead atoms. The maximum absolute atomic E-state index is 13.5. The van der Waals surface area contributed by atoms with Crippen LogP contribution in [0.1, 0.15) is 46.0 Å². The molecule has 0 atom stereocenters. The Morgan fingerprint density at radius 3 is 2.29 bits per heavy atom. The molecular weight excluding hydrogens is 580 g/mol. The van der Waals surface area contributed by atoms with Crippen molar-refractivity contribution in [3.63, 3.8) is 0 Å². The van der Waals surface area contributed by atoms with Gasteiger partial charge in [0.15, 0.2) is 23.0 Å². The van der Waals surface area contributed by atoms with Crippen LogP contribution in [0, 0.1) is 0 Å². The molecule has 11 nitrogen and oxygen atoms in total. The molecule has 2 N–H and O–H groups in total. The summed E-state index contributed by atoms with van der Waals surface area (Å²) in [6.45, 7) is 6.33. The number of barbiturate groups is 1. The first-order valence-corrected chi connectivity index (χ1v) is 14.1. The lowest BCUT2D eigenvalue weighted by molar-refractivity contribution is -0.130. The number of nitrogens with zero attached hydrogens (tertiary/aromatic N) is 1. The second kappa shape index (κ2) is 14.7. The van der Waals surface area contributed by atoms with Gasteiger partial charge in [0.1, 0.15) is 12.2 Å². The van der Waals surface area contributed by atoms with Gasteiger partial charge in [-0.25, -0.2) is 9.59 Å². The molecule has 1 saturated heterocycles. The smallest absolute Gasteiger partial charge is 0.335 e. The van der Waals surface area contributed by atoms with Gasteiger partial charge in [0.25, 0.3) is 11.8 Å². The predicted octanol–water partition coefficient (Wildman–Crippen LogP) is 5.16. The molecule has 3 aromatic rings. The molecule has 11 heteroatoms. The summed E-state index contributed by atoms with van der Waals surface area (Å²) in [5, 5.41) is 11.4. The van der Waals surface area contributed by atoms with Gasteiger partial charge in [-0.1, -0.05) is 31.2 Å². The Morgan fingerprint density at radius 1 is 0.933 bits per heavy atom. The number of methoxy groups -OCH3 is 2. The molecule has 3 aromatic carbocycles. The molecule has 4 amide bonds. The Balaban J connectivity index is 1.60. The van der Waals surface area contributed by atoms with E-state index in [4.69, 9.17) is 24.1 Å². The van der Waals surface area contributed by atoms with Gasteiger partial charge >= 0.3 is 12.0 Å². The number of carbonyl (C=O) groups is 4. The topological polar surface area (TPSA) is 141 Å². The lowest BCUT2D eigenvalue weighted by Gasteiger charge is -2.26. The minimum Gasteiger partial charge on any atom is -0.493 e. The van der Waals surface area contributed by atoms with E-state index in [2.05, 4.69) is 11.9 Å². The van der Waals surface area contributed by atoms with E-state index in [1.807, 2.05) is 6.92 Å². The fourth-order valence-corrected chi connectivity index (χ4v) is 4.62. The van der Waals surface area contributed by atoms with E-state index in [1.165, 1.54) is 32.4 Å². The summed E-state index contributed by atoms with van der Waals surface area (Å²) in [7, 11) is 2.96. The third kappa shape index (κ3) is 7.69. The third-order valence-corrected chi connectivity index (χ3v) is 6.85. The van der Waals surface area contributed by atoms with Crippen LogP contribution in [0.15, 0.2) is 72.8 Å². The monoisotopic (exact) mass is 614 g/mol. The summed E-state index contributed by atoms with van der Waals surface area (Å²) in [6, 6.07) is 13.9. The van der Waals surface area contributed by atoms with E-state index < -0.39 is 23.8 Å². The molecule has 0 saturated carbocycles. The molecule has 0 spiro atoms. The SMILES string of the molecule is C=CCc1cc(/C=C2\C(=O)NC(=O)N(Cc3ccc(OCCC)c(OC)c3)C2=O)cc(OC)c1OCc1ccc(C(=O)O)cc1. The van der Waals surface area contributed by atoms with Crippen LogP contribution in [0.4, 0.5) is 4.79 Å². The van der Waals surface area contributed by atoms with Gasteiger partial charge in [-0.2, -0.15) is 0 Å². The number of allylic oxidation sites excluding steroid dienone is 1. The number of aromatic carboxylic acids is 1. The van der Waals surface area contributed by atoms with Gasteiger partial charge in [0.05, 0.1) is 32.9 Å². The van der Waals surface area contributed by atoms with E-state index in [9.17, 15) is 19.2 Å². The summed E-state index contributed by atoms with van der Waals surface area (Å²) in [4.78, 5) is 51.1. The molecule has 1 aliphatic rings. The number of carboxylic acid groups (broad SMARTS) is 1. The number of hydrogen-bond acceptors (Lipinski definition) is 8. The second-order valence-corrected chi connectivity index (χ2v) is 10.0. The highest BCUT2D eigenvalue weighted by Crippen LogP contribution is 2.35. The number of carboxylic acids is 1. The van der Waals surface area contributed by atoms with Crippen molar-refractivity contribution in [2.45, 2.75) is 32.9 Å². The summed E-state index contributed by atoms with van der Waals surface area (Å²) in [5.74, 6) is -0.831. The van der Waals surface area contributed by atoms with Crippen LogP contribution < -0.4 is 24.3 Å². The number of imide groups is 2. The Labute approximate surface area is 260 Å². The van der Waals surface area contributed by atoms with E-state index in [-0.39, 0.29) is 24.3 Å². The molecule has 1 aliphatic heterocycles. The molecule has 4 rings (SSSR count). The number of nitrogens with one attached hydrogen (secondary N) is 1. The van der Waals surface area contributed by atoms with Crippen molar-refractivity contribution in [1.29, 1.82) is 0 Å². The number of amides is 4. The highest BCUT2D eigenvalue weighted by atomic mass is 16.5. The van der Waals surface area contributed by atoms with Crippen molar-refractivity contribution < 1.29 is 43.2 Å². The van der Waals surface area contributed by atoms with Crippen molar-refractivity contribution in [2.24, 2.45) is 0 Å². The lowest BCUT2D eigenvalue weighted by atomic mass is 10.0. The van der Waals surface area contributed by atoms with E-state index in [0.29, 0.717) is 52.7 Å². The Bertz CT molecular complexity index is 1640. The molecular formula is C34H34N2O9. The van der Waals surface area contributed by atoms with Crippen molar-refractivity contribution in [3.05, 3.63) is 101 Å². The minimum absolute atomic E-state index is 0.106. The zero-order valence-electron chi connectivity index (χ0n) is 25.3. The standard InChI is InChI=1S/C34H34N2O9/c1-5-7-25-15-23(18-29(43-4)30(25)45-20-21-8-11-24(12-9-21)33(39)40)16-26-31(37)35-34(41)36(32(26)38)19-22-10-13-27(44-14-6-2)28(17-22)42-3/h5,8-13,15-18H,1,6-7,14,19-20H2,2-4H3,(H,39,40)(H,35,37,41)/b26-16+. The fourth-order valence-electron chi connectivity index (χ4n) is 4.62. The van der Waals surface area contributed by atoms with Crippen LogP contribution in [0.3, 0.4) is 0 Å². The number of carbonyl (C=O) groups excluding carboxylic acids is 3. The lowest BCUT2D eigenvalue weighted by Crippen LogP contribution is -2.53. The zero-order chi connectivity index (χ0) is 32.5. The summed E-state index contributed by atoms with van der Waals surface area (Å²) < 4.78 is 22.8. The van der Waals surface area contributed by atoms with E-state index >= 15 is 0 Å². The van der Waals surface area contributed by atoms with E-state index in [1.54, 1.807) is 48.5 Å². The number of ether oxygens (including phenoxy) is 4. The average molecular weight is 615 g/mol. The average Bonchev–Trinajstić information content (AvgIpc) is 3.03. The van der Waals surface area contributed by atoms with Gasteiger partial charge < -0.3 is 24.1 Å². The summed E-state index contributed by atoms with van der Waals surface area (Å²) >= 11 is 0. The zero-order valence-corrected chi connectivity index (χ0v) is 25.3. The van der Waals surface area contributed by atoms with Gasteiger partial charge in [-0.15, -0.1) is 6.58 Å². The number of urea groups is 1. The van der Waals surface area contributed by atoms with Gasteiger partial charge in [-0.05, 0) is 72.0 Å². The second-order valence-electron chi connectivity index (χ2n) is 10.0. The van der Waals surface area contributed by atoms with Crippen LogP contribution in [0.25, 0.3) is 6.08 Å². The van der Waals surface area contributed by atoms with Crippen LogP contribution in [0.5, 0.6) is 23.0 Å². The number of hydrogen-bond donors (Lipinski definition) is 2. The maximum atomic E-state index is 13.5. The molecule has 234 valence electrons. The minimum atomic E-state index is -1.02. The molecule has 0 unspecified atom stereocenters. The van der Waals surface area contributed by atoms with Crippen LogP contribution in [-0.2, 0) is 29.2 Å². The number of rotatable bonds is 14. The molecule has 1 fully saturated rings. The third-order valence-electron chi connectivity index (χ3n) is 6.85. The van der Waals surface area contributed by atoms with Crippen molar-refractivity contribution >= 4 is 29.9 Å². The molecule has 0 radical (unpaired) electrons. The Hall–Kier alpha value is -5.58. The maximum Gasteiger partial charge on any atom is 0.335 e. The van der Waals surface area contributed by atoms with Crippen molar-refractivity contribution in [1.82, 2.24) is 10.2 Å². The quantitative estimate of drug-likeness (QED) is 0.143. The first-order valence-electron chi connectivity index (χ1n) is 14.1. The first kappa shape index (κ1) is 32.3.